The molecule has 0 aliphatic heterocycles. The van der Waals surface area contributed by atoms with Crippen LogP contribution in [-0.2, 0) is 0 Å². The van der Waals surface area contributed by atoms with Gasteiger partial charge in [0, 0.05) is 9.20 Å². The lowest BCUT2D eigenvalue weighted by molar-refractivity contribution is 1.86. The Labute approximate surface area is 76.3 Å². The summed E-state index contributed by atoms with van der Waals surface area (Å²) < 4.78 is 2.74. The first-order valence-corrected chi connectivity index (χ1v) is 7.10. The van der Waals surface area contributed by atoms with Crippen LogP contribution in [0.15, 0.2) is 30.3 Å². The zero-order valence-electron chi connectivity index (χ0n) is 5.88. The first-order valence-electron chi connectivity index (χ1n) is 3.43. The molecule has 0 spiro atoms. The summed E-state index contributed by atoms with van der Waals surface area (Å²) in [6, 6.07) is 10.6. The normalized spacial score (nSPS) is 11.7. The number of hydrogen-bond donors (Lipinski definition) is 0. The van der Waals surface area contributed by atoms with E-state index < -0.39 is 8.83 Å². The molecule has 1 heterocycles. The van der Waals surface area contributed by atoms with Crippen molar-refractivity contribution in [1.29, 1.82) is 0 Å². The molecule has 0 unspecified atom stereocenters. The molecule has 0 fully saturated rings. The van der Waals surface area contributed by atoms with Crippen LogP contribution >= 0.6 is 22.4 Å². The highest BCUT2D eigenvalue weighted by atomic mass is 35.6. The minimum Gasteiger partial charge on any atom is -0.169 e. The monoisotopic (exact) mass is 198 g/mol. The van der Waals surface area contributed by atoms with Crippen molar-refractivity contribution in [3.8, 4) is 0 Å². The predicted molar refractivity (Wildman–Crippen MR) is 55.9 cm³/mol. The number of halogens is 1. The van der Waals surface area contributed by atoms with Crippen molar-refractivity contribution in [1.82, 2.24) is 0 Å². The summed E-state index contributed by atoms with van der Waals surface area (Å²) >= 11 is 7.67. The Balaban J connectivity index is 2.69. The molecule has 0 radical (unpaired) electrons. The molecule has 0 saturated heterocycles. The van der Waals surface area contributed by atoms with Crippen LogP contribution in [0, 0.1) is 0 Å². The van der Waals surface area contributed by atoms with Crippen LogP contribution in [0.2, 0.25) is 0 Å². The van der Waals surface area contributed by atoms with E-state index in [0.717, 1.165) is 0 Å². The summed E-state index contributed by atoms with van der Waals surface area (Å²) in [7, 11) is -0.477. The van der Waals surface area contributed by atoms with Gasteiger partial charge < -0.3 is 0 Å². The van der Waals surface area contributed by atoms with Crippen LogP contribution in [0.5, 0.6) is 0 Å². The number of fused-ring (bicyclic) bond motifs is 1. The molecular weight excluding hydrogens is 192 g/mol. The average molecular weight is 199 g/mol. The first-order chi connectivity index (χ1) is 5.40. The second-order valence-corrected chi connectivity index (χ2v) is 5.90. The van der Waals surface area contributed by atoms with Gasteiger partial charge in [-0.1, -0.05) is 18.2 Å². The van der Waals surface area contributed by atoms with E-state index in [9.17, 15) is 0 Å². The third-order valence-corrected chi connectivity index (χ3v) is 5.25. The summed E-state index contributed by atoms with van der Waals surface area (Å²) in [6.07, 6.45) is 0. The second kappa shape index (κ2) is 2.97. The Morgan fingerprint density at radius 3 is 2.82 bits per heavy atom. The summed E-state index contributed by atoms with van der Waals surface area (Å²) in [4.78, 5) is 0. The lowest BCUT2D eigenvalue weighted by atomic mass is 10.3. The fourth-order valence-corrected chi connectivity index (χ4v) is 3.67. The smallest absolute Gasteiger partial charge is 0.168 e. The SMILES string of the molecule is Cl[SiH2]c1cc2ccccc2s1. The zero-order valence-corrected chi connectivity index (χ0v) is 8.87. The van der Waals surface area contributed by atoms with Gasteiger partial charge in [0.25, 0.3) is 0 Å². The van der Waals surface area contributed by atoms with E-state index in [4.69, 9.17) is 11.1 Å². The molecule has 0 nitrogen and oxygen atoms in total. The van der Waals surface area contributed by atoms with Gasteiger partial charge >= 0.3 is 0 Å². The van der Waals surface area contributed by atoms with Gasteiger partial charge in [-0.2, -0.15) is 11.1 Å². The maximum absolute atomic E-state index is 5.85. The van der Waals surface area contributed by atoms with Gasteiger partial charge in [-0.05, 0) is 17.5 Å². The Kier molecular flexibility index (Phi) is 1.98. The van der Waals surface area contributed by atoms with E-state index >= 15 is 0 Å². The molecular formula is C8H7ClSSi. The molecule has 2 rings (SSSR count). The summed E-state index contributed by atoms with van der Waals surface area (Å²) in [5.74, 6) is 0. The van der Waals surface area contributed by atoms with E-state index in [1.807, 2.05) is 11.3 Å². The van der Waals surface area contributed by atoms with Gasteiger partial charge in [-0.3, -0.25) is 0 Å². The number of thiophene rings is 1. The summed E-state index contributed by atoms with van der Waals surface area (Å²) in [6.45, 7) is 0. The number of benzene rings is 1. The Bertz CT molecular complexity index is 336. The van der Waals surface area contributed by atoms with Crippen molar-refractivity contribution in [2.75, 3.05) is 0 Å². The van der Waals surface area contributed by atoms with Gasteiger partial charge in [-0.25, -0.2) is 0 Å². The van der Waals surface area contributed by atoms with Crippen molar-refractivity contribution in [3.05, 3.63) is 30.3 Å². The molecule has 0 amide bonds. The van der Waals surface area contributed by atoms with E-state index in [-0.39, 0.29) is 0 Å². The van der Waals surface area contributed by atoms with Crippen molar-refractivity contribution < 1.29 is 0 Å². The molecule has 3 heteroatoms. The Morgan fingerprint density at radius 2 is 2.09 bits per heavy atom. The fraction of sp³-hybridized carbons (Fsp3) is 0. The standard InChI is InChI=1S/C8H7ClSSi/c9-11-8-5-6-3-1-2-4-7(6)10-8/h1-5H,11H2. The largest absolute Gasteiger partial charge is 0.169 e. The van der Waals surface area contributed by atoms with E-state index in [2.05, 4.69) is 30.3 Å². The zero-order chi connectivity index (χ0) is 7.68. The van der Waals surface area contributed by atoms with Crippen molar-refractivity contribution in [2.24, 2.45) is 0 Å². The molecule has 0 N–H and O–H groups in total. The highest BCUT2D eigenvalue weighted by Gasteiger charge is 1.98. The minimum absolute atomic E-state index is 0.477. The van der Waals surface area contributed by atoms with Gasteiger partial charge in [0.05, 0.1) is 0 Å². The van der Waals surface area contributed by atoms with Crippen LogP contribution in [0.3, 0.4) is 0 Å². The van der Waals surface area contributed by atoms with Crippen LogP contribution in [0.25, 0.3) is 10.1 Å². The highest BCUT2D eigenvalue weighted by molar-refractivity contribution is 7.31. The molecule has 11 heavy (non-hydrogen) atoms. The molecule has 0 aliphatic carbocycles. The maximum Gasteiger partial charge on any atom is 0.168 e. The molecule has 0 bridgehead atoms. The van der Waals surface area contributed by atoms with Gasteiger partial charge in [0.15, 0.2) is 8.83 Å². The van der Waals surface area contributed by atoms with E-state index in [0.29, 0.717) is 0 Å². The summed E-state index contributed by atoms with van der Waals surface area (Å²) in [5.41, 5.74) is 0. The van der Waals surface area contributed by atoms with Crippen molar-refractivity contribution >= 4 is 45.8 Å². The third-order valence-electron chi connectivity index (χ3n) is 1.61. The van der Waals surface area contributed by atoms with Crippen LogP contribution in [0.1, 0.15) is 0 Å². The Hall–Kier alpha value is -0.313. The predicted octanol–water partition coefficient (Wildman–Crippen LogP) is 1.85. The van der Waals surface area contributed by atoms with Crippen LogP contribution < -0.4 is 4.50 Å². The first kappa shape index (κ1) is 7.34. The number of rotatable bonds is 1. The van der Waals surface area contributed by atoms with Gasteiger partial charge in [0.2, 0.25) is 0 Å². The molecule has 0 aliphatic rings. The highest BCUT2D eigenvalue weighted by Crippen LogP contribution is 2.17. The van der Waals surface area contributed by atoms with Crippen LogP contribution in [-0.4, -0.2) is 8.83 Å². The topological polar surface area (TPSA) is 0 Å². The van der Waals surface area contributed by atoms with Crippen molar-refractivity contribution in [3.63, 3.8) is 0 Å². The molecule has 1 aromatic carbocycles. The lowest BCUT2D eigenvalue weighted by Crippen LogP contribution is -1.99. The van der Waals surface area contributed by atoms with Crippen LogP contribution in [0.4, 0.5) is 0 Å². The third kappa shape index (κ3) is 1.34. The fourth-order valence-electron chi connectivity index (χ4n) is 1.10. The molecule has 0 saturated carbocycles. The average Bonchev–Trinajstić information content (AvgIpc) is 2.46. The maximum atomic E-state index is 5.85. The second-order valence-electron chi connectivity index (χ2n) is 2.38. The molecule has 0 atom stereocenters. The number of hydrogen-bond acceptors (Lipinski definition) is 1. The van der Waals surface area contributed by atoms with E-state index in [1.54, 1.807) is 0 Å². The van der Waals surface area contributed by atoms with Crippen molar-refractivity contribution in [2.45, 2.75) is 0 Å². The van der Waals surface area contributed by atoms with Gasteiger partial charge in [0.1, 0.15) is 0 Å². The lowest BCUT2D eigenvalue weighted by Gasteiger charge is -1.82. The quantitative estimate of drug-likeness (QED) is 0.485. The van der Waals surface area contributed by atoms with E-state index in [1.165, 1.54) is 14.6 Å². The summed E-state index contributed by atoms with van der Waals surface area (Å²) in [5, 5.41) is 1.33. The Morgan fingerprint density at radius 1 is 1.27 bits per heavy atom. The van der Waals surface area contributed by atoms with Gasteiger partial charge in [-0.15, -0.1) is 11.3 Å². The molecule has 2 aromatic rings. The molecule has 1 aromatic heterocycles. The minimum atomic E-state index is -0.477. The molecule has 56 valence electrons.